The predicted molar refractivity (Wildman–Crippen MR) is 65.0 cm³/mol. The number of hydrogen-bond donors (Lipinski definition) is 1. The minimum Gasteiger partial charge on any atom is -0.307 e. The summed E-state index contributed by atoms with van der Waals surface area (Å²) in [6.07, 6.45) is 4.75. The zero-order valence-corrected chi connectivity index (χ0v) is 10.7. The third-order valence-corrected chi connectivity index (χ3v) is 3.38. The van der Waals surface area contributed by atoms with E-state index in [1.165, 1.54) is 6.26 Å². The zero-order valence-electron chi connectivity index (χ0n) is 9.84. The van der Waals surface area contributed by atoms with Crippen LogP contribution >= 0.6 is 0 Å². The summed E-state index contributed by atoms with van der Waals surface area (Å²) in [5, 5.41) is 3.23. The number of aromatic nitrogens is 1. The summed E-state index contributed by atoms with van der Waals surface area (Å²) in [5.74, 6) is 0.150. The largest absolute Gasteiger partial charge is 0.307 e. The Balaban J connectivity index is 2.55. The molecule has 4 nitrogen and oxygen atoms in total. The number of hydrogen-bond acceptors (Lipinski definition) is 4. The first-order chi connectivity index (χ1) is 7.38. The summed E-state index contributed by atoms with van der Waals surface area (Å²) >= 11 is 0. The Morgan fingerprint density at radius 1 is 1.44 bits per heavy atom. The molecule has 0 aliphatic heterocycles. The van der Waals surface area contributed by atoms with Gasteiger partial charge in [-0.2, -0.15) is 0 Å². The number of nitrogens with one attached hydrogen (secondary N) is 1. The van der Waals surface area contributed by atoms with Crippen LogP contribution in [0.15, 0.2) is 24.5 Å². The molecule has 0 saturated heterocycles. The number of rotatable bonds is 5. The highest BCUT2D eigenvalue weighted by molar-refractivity contribution is 7.90. The Hall–Kier alpha value is -0.940. The van der Waals surface area contributed by atoms with Crippen LogP contribution < -0.4 is 5.32 Å². The van der Waals surface area contributed by atoms with E-state index >= 15 is 0 Å². The lowest BCUT2D eigenvalue weighted by molar-refractivity contribution is 0.500. The molecular formula is C11H18N2O2S. The van der Waals surface area contributed by atoms with Crippen molar-refractivity contribution in [1.82, 2.24) is 10.3 Å². The maximum atomic E-state index is 11.1. The van der Waals surface area contributed by atoms with Crippen molar-refractivity contribution in [2.45, 2.75) is 25.9 Å². The quantitative estimate of drug-likeness (QED) is 0.842. The molecule has 2 atom stereocenters. The second-order valence-electron chi connectivity index (χ2n) is 4.17. The van der Waals surface area contributed by atoms with Crippen molar-refractivity contribution in [2.24, 2.45) is 0 Å². The van der Waals surface area contributed by atoms with Crippen LogP contribution in [0.25, 0.3) is 0 Å². The van der Waals surface area contributed by atoms with Crippen molar-refractivity contribution in [3.05, 3.63) is 30.1 Å². The zero-order chi connectivity index (χ0) is 12.2. The minimum atomic E-state index is -2.93. The van der Waals surface area contributed by atoms with Gasteiger partial charge in [0.1, 0.15) is 9.84 Å². The summed E-state index contributed by atoms with van der Waals surface area (Å²) in [5.41, 5.74) is 1.06. The Morgan fingerprint density at radius 2 is 2.12 bits per heavy atom. The lowest BCUT2D eigenvalue weighted by Crippen LogP contribution is -2.34. The van der Waals surface area contributed by atoms with E-state index in [9.17, 15) is 8.42 Å². The molecule has 0 spiro atoms. The number of nitrogens with zero attached hydrogens (tertiary/aromatic N) is 1. The van der Waals surface area contributed by atoms with Gasteiger partial charge in [-0.15, -0.1) is 0 Å². The van der Waals surface area contributed by atoms with Gasteiger partial charge in [-0.1, -0.05) is 6.07 Å². The third-order valence-electron chi connectivity index (χ3n) is 2.27. The average Bonchev–Trinajstić information content (AvgIpc) is 2.16. The molecule has 0 bridgehead atoms. The minimum absolute atomic E-state index is 0.0646. The second-order valence-corrected chi connectivity index (χ2v) is 6.35. The third kappa shape index (κ3) is 4.72. The van der Waals surface area contributed by atoms with Gasteiger partial charge in [0, 0.05) is 30.7 Å². The summed E-state index contributed by atoms with van der Waals surface area (Å²) in [6.45, 7) is 3.86. The SMILES string of the molecule is CC(CS(C)(=O)=O)N[C@@H](C)c1cccnc1. The maximum Gasteiger partial charge on any atom is 0.148 e. The molecule has 1 aromatic rings. The smallest absolute Gasteiger partial charge is 0.148 e. The summed E-state index contributed by atoms with van der Waals surface area (Å²) < 4.78 is 22.2. The van der Waals surface area contributed by atoms with Gasteiger partial charge in [0.05, 0.1) is 5.75 Å². The standard InChI is InChI=1S/C11H18N2O2S/c1-9(8-16(3,14)15)13-10(2)11-5-4-6-12-7-11/h4-7,9-10,13H,8H2,1-3H3/t9?,10-/m0/s1. The molecule has 1 aromatic heterocycles. The van der Waals surface area contributed by atoms with E-state index in [2.05, 4.69) is 10.3 Å². The molecule has 0 amide bonds. The molecule has 0 saturated carbocycles. The van der Waals surface area contributed by atoms with Gasteiger partial charge < -0.3 is 5.32 Å². The molecule has 1 heterocycles. The number of pyridine rings is 1. The Bertz CT molecular complexity index is 417. The molecule has 1 unspecified atom stereocenters. The maximum absolute atomic E-state index is 11.1. The molecule has 16 heavy (non-hydrogen) atoms. The van der Waals surface area contributed by atoms with Gasteiger partial charge in [-0.05, 0) is 25.5 Å². The Labute approximate surface area is 97.0 Å². The fourth-order valence-corrected chi connectivity index (χ4v) is 2.66. The molecule has 0 radical (unpaired) electrons. The molecule has 0 fully saturated rings. The first-order valence-electron chi connectivity index (χ1n) is 5.22. The van der Waals surface area contributed by atoms with E-state index in [4.69, 9.17) is 0 Å². The molecule has 1 N–H and O–H groups in total. The van der Waals surface area contributed by atoms with E-state index in [1.807, 2.05) is 26.0 Å². The van der Waals surface area contributed by atoms with E-state index in [1.54, 1.807) is 12.4 Å². The molecule has 0 aliphatic rings. The predicted octanol–water partition coefficient (Wildman–Crippen LogP) is 1.17. The van der Waals surface area contributed by atoms with Crippen molar-refractivity contribution in [3.63, 3.8) is 0 Å². The molecular weight excluding hydrogens is 224 g/mol. The van der Waals surface area contributed by atoms with E-state index in [-0.39, 0.29) is 17.8 Å². The lowest BCUT2D eigenvalue weighted by atomic mass is 10.1. The first kappa shape index (κ1) is 13.1. The summed E-state index contributed by atoms with van der Waals surface area (Å²) in [6, 6.07) is 3.88. The van der Waals surface area contributed by atoms with Gasteiger partial charge >= 0.3 is 0 Å². The van der Waals surface area contributed by atoms with Crippen molar-refractivity contribution in [1.29, 1.82) is 0 Å². The topological polar surface area (TPSA) is 59.1 Å². The Kier molecular flexibility index (Phi) is 4.44. The highest BCUT2D eigenvalue weighted by Crippen LogP contribution is 2.10. The van der Waals surface area contributed by atoms with Crippen molar-refractivity contribution in [3.8, 4) is 0 Å². The van der Waals surface area contributed by atoms with Crippen LogP contribution in [0.1, 0.15) is 25.5 Å². The van der Waals surface area contributed by atoms with Crippen LogP contribution in [0.2, 0.25) is 0 Å². The molecule has 90 valence electrons. The van der Waals surface area contributed by atoms with Crippen molar-refractivity contribution in [2.75, 3.05) is 12.0 Å². The van der Waals surface area contributed by atoms with Gasteiger partial charge in [0.25, 0.3) is 0 Å². The molecule has 5 heteroatoms. The van der Waals surface area contributed by atoms with Crippen LogP contribution in [-0.2, 0) is 9.84 Å². The van der Waals surface area contributed by atoms with Gasteiger partial charge in [0.15, 0.2) is 0 Å². The van der Waals surface area contributed by atoms with Crippen LogP contribution in [0.5, 0.6) is 0 Å². The van der Waals surface area contributed by atoms with Gasteiger partial charge in [-0.25, -0.2) is 8.42 Å². The van der Waals surface area contributed by atoms with E-state index in [0.717, 1.165) is 5.56 Å². The Morgan fingerprint density at radius 3 is 2.62 bits per heavy atom. The monoisotopic (exact) mass is 242 g/mol. The summed E-state index contributed by atoms with van der Waals surface area (Å²) in [7, 11) is -2.93. The highest BCUT2D eigenvalue weighted by Gasteiger charge is 2.13. The normalized spacial score (nSPS) is 15.7. The van der Waals surface area contributed by atoms with Gasteiger partial charge in [-0.3, -0.25) is 4.98 Å². The van der Waals surface area contributed by atoms with E-state index < -0.39 is 9.84 Å². The highest BCUT2D eigenvalue weighted by atomic mass is 32.2. The molecule has 1 rings (SSSR count). The second kappa shape index (κ2) is 5.41. The van der Waals surface area contributed by atoms with Gasteiger partial charge in [0.2, 0.25) is 0 Å². The lowest BCUT2D eigenvalue weighted by Gasteiger charge is -2.19. The summed E-state index contributed by atoms with van der Waals surface area (Å²) in [4.78, 5) is 4.03. The van der Waals surface area contributed by atoms with Crippen molar-refractivity contribution >= 4 is 9.84 Å². The first-order valence-corrected chi connectivity index (χ1v) is 7.28. The van der Waals surface area contributed by atoms with Crippen molar-refractivity contribution < 1.29 is 8.42 Å². The fraction of sp³-hybridized carbons (Fsp3) is 0.545. The van der Waals surface area contributed by atoms with Crippen LogP contribution in [0.4, 0.5) is 0 Å². The van der Waals surface area contributed by atoms with Crippen LogP contribution in [0, 0.1) is 0 Å². The van der Waals surface area contributed by atoms with Crippen LogP contribution in [-0.4, -0.2) is 31.5 Å². The fourth-order valence-electron chi connectivity index (χ4n) is 1.66. The van der Waals surface area contributed by atoms with E-state index in [0.29, 0.717) is 0 Å². The van der Waals surface area contributed by atoms with Crippen LogP contribution in [0.3, 0.4) is 0 Å². The molecule has 0 aromatic carbocycles. The number of sulfone groups is 1. The molecule has 0 aliphatic carbocycles. The average molecular weight is 242 g/mol.